The van der Waals surface area contributed by atoms with E-state index in [0.29, 0.717) is 27.8 Å². The number of imide groups is 1. The lowest BCUT2D eigenvalue weighted by Crippen LogP contribution is -2.42. The maximum atomic E-state index is 13.1. The number of rotatable bonds is 6. The zero-order chi connectivity index (χ0) is 24.5. The van der Waals surface area contributed by atoms with Crippen molar-refractivity contribution in [2.75, 3.05) is 11.9 Å². The third kappa shape index (κ3) is 4.71. The van der Waals surface area contributed by atoms with Gasteiger partial charge in [0.2, 0.25) is 5.91 Å². The van der Waals surface area contributed by atoms with Crippen LogP contribution in [0.25, 0.3) is 0 Å². The average molecular weight is 498 g/mol. The molecule has 9 heteroatoms. The first kappa shape index (κ1) is 23.6. The Bertz CT molecular complexity index is 1280. The Morgan fingerprint density at radius 2 is 1.76 bits per heavy atom. The summed E-state index contributed by atoms with van der Waals surface area (Å²) in [6.07, 6.45) is 0. The van der Waals surface area contributed by atoms with Gasteiger partial charge in [-0.25, -0.2) is 4.79 Å². The minimum Gasteiger partial charge on any atom is -0.455 e. The molecule has 0 radical (unpaired) electrons. The van der Waals surface area contributed by atoms with Crippen molar-refractivity contribution in [1.29, 1.82) is 0 Å². The number of ether oxygens (including phenoxy) is 1. The van der Waals surface area contributed by atoms with E-state index < -0.39 is 29.9 Å². The number of aryl methyl sites for hydroxylation is 1. The van der Waals surface area contributed by atoms with E-state index in [1.54, 1.807) is 36.4 Å². The number of benzene rings is 3. The van der Waals surface area contributed by atoms with E-state index >= 15 is 0 Å². The summed E-state index contributed by atoms with van der Waals surface area (Å²) in [7, 11) is 0. The molecule has 1 unspecified atom stereocenters. The second kappa shape index (κ2) is 9.37. The third-order valence-electron chi connectivity index (χ3n) is 5.46. The van der Waals surface area contributed by atoms with E-state index in [4.69, 9.17) is 27.9 Å². The van der Waals surface area contributed by atoms with Crippen LogP contribution in [-0.4, -0.2) is 29.3 Å². The maximum Gasteiger partial charge on any atom is 0.325 e. The Hall–Kier alpha value is -3.55. The summed E-state index contributed by atoms with van der Waals surface area (Å²) in [6, 6.07) is 18.3. The Morgan fingerprint density at radius 1 is 1.06 bits per heavy atom. The fraction of sp³-hybridized carbons (Fsp3) is 0.160. The van der Waals surface area contributed by atoms with Gasteiger partial charge in [0.25, 0.3) is 5.91 Å². The third-order valence-corrected chi connectivity index (χ3v) is 6.00. The molecule has 1 saturated heterocycles. The highest BCUT2D eigenvalue weighted by Gasteiger charge is 2.50. The first-order valence-electron chi connectivity index (χ1n) is 10.4. The van der Waals surface area contributed by atoms with Gasteiger partial charge in [-0.1, -0.05) is 59.1 Å². The summed E-state index contributed by atoms with van der Waals surface area (Å²) in [5.41, 5.74) is 0.459. The molecule has 4 rings (SSSR count). The van der Waals surface area contributed by atoms with Gasteiger partial charge in [-0.3, -0.25) is 14.5 Å². The smallest absolute Gasteiger partial charge is 0.325 e. The van der Waals surface area contributed by atoms with Crippen molar-refractivity contribution in [2.45, 2.75) is 19.4 Å². The first-order chi connectivity index (χ1) is 16.2. The van der Waals surface area contributed by atoms with Crippen LogP contribution in [0.1, 0.15) is 18.1 Å². The molecule has 4 amide bonds. The van der Waals surface area contributed by atoms with Crippen LogP contribution < -0.4 is 15.4 Å². The Labute approximate surface area is 206 Å². The summed E-state index contributed by atoms with van der Waals surface area (Å²) in [6.45, 7) is 3.02. The number of hydrogen-bond donors (Lipinski definition) is 2. The topological polar surface area (TPSA) is 87.7 Å². The molecule has 2 N–H and O–H groups in total. The number of urea groups is 1. The van der Waals surface area contributed by atoms with Gasteiger partial charge < -0.3 is 15.4 Å². The van der Waals surface area contributed by atoms with Crippen molar-refractivity contribution < 1.29 is 19.1 Å². The zero-order valence-corrected chi connectivity index (χ0v) is 19.9. The van der Waals surface area contributed by atoms with E-state index in [0.717, 1.165) is 10.5 Å². The fourth-order valence-corrected chi connectivity index (χ4v) is 4.24. The molecule has 0 aliphatic carbocycles. The standard InChI is InChI=1S/C25H21Cl2N3O4/c1-15-7-10-17(11-8-15)34-21-6-4-3-5-20(21)28-22(31)14-30-23(32)25(2,29-24(30)33)18-12-9-16(26)13-19(18)27/h3-13H,14H2,1-2H3,(H,28,31)(H,29,33). The van der Waals surface area contributed by atoms with Crippen LogP contribution in [0.5, 0.6) is 11.5 Å². The lowest BCUT2D eigenvalue weighted by Gasteiger charge is -2.23. The summed E-state index contributed by atoms with van der Waals surface area (Å²) < 4.78 is 5.89. The number of carbonyl (C=O) groups is 3. The minimum atomic E-state index is -1.43. The fourth-order valence-electron chi connectivity index (χ4n) is 3.64. The molecule has 1 fully saturated rings. The lowest BCUT2D eigenvalue weighted by atomic mass is 9.92. The van der Waals surface area contributed by atoms with Gasteiger partial charge in [0.05, 0.1) is 5.69 Å². The molecule has 1 atom stereocenters. The monoisotopic (exact) mass is 497 g/mol. The molecule has 1 aliphatic heterocycles. The highest BCUT2D eigenvalue weighted by atomic mass is 35.5. The zero-order valence-electron chi connectivity index (χ0n) is 18.4. The number of amides is 4. The lowest BCUT2D eigenvalue weighted by molar-refractivity contribution is -0.133. The van der Waals surface area contributed by atoms with Gasteiger partial charge in [-0.15, -0.1) is 0 Å². The maximum absolute atomic E-state index is 13.1. The molecule has 174 valence electrons. The second-order valence-electron chi connectivity index (χ2n) is 8.03. The number of hydrogen-bond acceptors (Lipinski definition) is 4. The van der Waals surface area contributed by atoms with Crippen LogP contribution >= 0.6 is 23.2 Å². The Kier molecular flexibility index (Phi) is 6.50. The number of nitrogens with zero attached hydrogens (tertiary/aromatic N) is 1. The number of halogens is 2. The van der Waals surface area contributed by atoms with Crippen LogP contribution in [0.2, 0.25) is 10.0 Å². The summed E-state index contributed by atoms with van der Waals surface area (Å²) in [4.78, 5) is 39.4. The van der Waals surface area contributed by atoms with Gasteiger partial charge in [0.15, 0.2) is 5.75 Å². The molecule has 3 aromatic carbocycles. The van der Waals surface area contributed by atoms with Crippen molar-refractivity contribution in [3.05, 3.63) is 87.9 Å². The molecule has 1 heterocycles. The van der Waals surface area contributed by atoms with Crippen molar-refractivity contribution >= 4 is 46.7 Å². The molecule has 0 saturated carbocycles. The normalized spacial score (nSPS) is 17.5. The van der Waals surface area contributed by atoms with Crippen molar-refractivity contribution in [3.63, 3.8) is 0 Å². The molecule has 34 heavy (non-hydrogen) atoms. The van der Waals surface area contributed by atoms with Crippen molar-refractivity contribution in [1.82, 2.24) is 10.2 Å². The molecule has 7 nitrogen and oxygen atoms in total. The van der Waals surface area contributed by atoms with Crippen molar-refractivity contribution in [2.24, 2.45) is 0 Å². The van der Waals surface area contributed by atoms with Crippen molar-refractivity contribution in [3.8, 4) is 11.5 Å². The highest BCUT2D eigenvalue weighted by Crippen LogP contribution is 2.35. The van der Waals surface area contributed by atoms with E-state index in [1.165, 1.54) is 13.0 Å². The van der Waals surface area contributed by atoms with Crippen LogP contribution in [0.4, 0.5) is 10.5 Å². The molecular weight excluding hydrogens is 477 g/mol. The highest BCUT2D eigenvalue weighted by molar-refractivity contribution is 6.35. The van der Waals surface area contributed by atoms with Gasteiger partial charge >= 0.3 is 6.03 Å². The predicted octanol–water partition coefficient (Wildman–Crippen LogP) is 5.50. The Balaban J connectivity index is 1.49. The van der Waals surface area contributed by atoms with E-state index in [9.17, 15) is 14.4 Å². The van der Waals surface area contributed by atoms with Gasteiger partial charge in [0.1, 0.15) is 17.8 Å². The number of para-hydroxylation sites is 2. The van der Waals surface area contributed by atoms with Gasteiger partial charge in [-0.2, -0.15) is 0 Å². The van der Waals surface area contributed by atoms with Crippen LogP contribution in [0.15, 0.2) is 66.7 Å². The molecular formula is C25H21Cl2N3O4. The van der Waals surface area contributed by atoms with Gasteiger partial charge in [-0.05, 0) is 50.2 Å². The average Bonchev–Trinajstić information content (AvgIpc) is 3.00. The van der Waals surface area contributed by atoms with Crippen LogP contribution in [-0.2, 0) is 15.1 Å². The predicted molar refractivity (Wildman–Crippen MR) is 130 cm³/mol. The quantitative estimate of drug-likeness (QED) is 0.440. The molecule has 0 bridgehead atoms. The molecule has 1 aliphatic rings. The van der Waals surface area contributed by atoms with E-state index in [-0.39, 0.29) is 5.02 Å². The van der Waals surface area contributed by atoms with E-state index in [2.05, 4.69) is 10.6 Å². The Morgan fingerprint density at radius 3 is 2.47 bits per heavy atom. The first-order valence-corrected chi connectivity index (χ1v) is 11.2. The largest absolute Gasteiger partial charge is 0.455 e. The van der Waals surface area contributed by atoms with Gasteiger partial charge in [0, 0.05) is 15.6 Å². The summed E-state index contributed by atoms with van der Waals surface area (Å²) >= 11 is 12.2. The van der Waals surface area contributed by atoms with E-state index in [1.807, 2.05) is 31.2 Å². The second-order valence-corrected chi connectivity index (χ2v) is 8.87. The number of anilines is 1. The molecule has 0 spiro atoms. The molecule has 0 aromatic heterocycles. The number of carbonyl (C=O) groups excluding carboxylic acids is 3. The van der Waals surface area contributed by atoms with Crippen LogP contribution in [0, 0.1) is 6.92 Å². The summed E-state index contributed by atoms with van der Waals surface area (Å²) in [5.74, 6) is -0.123. The SMILES string of the molecule is Cc1ccc(Oc2ccccc2NC(=O)CN2C(=O)NC(C)(c3ccc(Cl)cc3Cl)C2=O)cc1. The molecule has 3 aromatic rings. The van der Waals surface area contributed by atoms with Crippen LogP contribution in [0.3, 0.4) is 0 Å². The minimum absolute atomic E-state index is 0.233. The summed E-state index contributed by atoms with van der Waals surface area (Å²) in [5, 5.41) is 5.98. The number of nitrogens with one attached hydrogen (secondary N) is 2.